The summed E-state index contributed by atoms with van der Waals surface area (Å²) < 4.78 is 36.8. The van der Waals surface area contributed by atoms with Crippen LogP contribution >= 0.6 is 23.2 Å². The number of halogens is 5. The average molecular weight is 391 g/mol. The van der Waals surface area contributed by atoms with Gasteiger partial charge in [-0.15, -0.1) is 0 Å². The van der Waals surface area contributed by atoms with Gasteiger partial charge in [0.2, 0.25) is 6.61 Å². The van der Waals surface area contributed by atoms with Crippen LogP contribution in [0.2, 0.25) is 10.0 Å². The highest BCUT2D eigenvalue weighted by Gasteiger charge is 2.28. The van der Waals surface area contributed by atoms with E-state index in [4.69, 9.17) is 28.9 Å². The number of alkyl halides is 3. The second-order valence-corrected chi connectivity index (χ2v) is 6.20. The van der Waals surface area contributed by atoms with Gasteiger partial charge in [0.15, 0.2) is 0 Å². The van der Waals surface area contributed by atoms with Gasteiger partial charge in [-0.25, -0.2) is 0 Å². The van der Waals surface area contributed by atoms with E-state index in [2.05, 4.69) is 9.99 Å². The van der Waals surface area contributed by atoms with E-state index in [0.29, 0.717) is 39.8 Å². The number of rotatable bonds is 6. The molecule has 134 valence electrons. The third-order valence-electron chi connectivity index (χ3n) is 3.20. The van der Waals surface area contributed by atoms with Gasteiger partial charge in [-0.05, 0) is 48.7 Å². The number of nitrogens with zero attached hydrogens (tertiary/aromatic N) is 1. The first kappa shape index (κ1) is 19.4. The molecule has 0 fully saturated rings. The summed E-state index contributed by atoms with van der Waals surface area (Å²) in [4.78, 5) is 4.46. The summed E-state index contributed by atoms with van der Waals surface area (Å²) in [5.74, 6) is 0. The lowest BCUT2D eigenvalue weighted by atomic mass is 10.0. The smallest absolute Gasteiger partial charge is 0.399 e. The monoisotopic (exact) mass is 390 g/mol. The normalized spacial score (nSPS) is 12.3. The fraction of sp³-hybridized carbons (Fsp3) is 0.235. The van der Waals surface area contributed by atoms with Crippen molar-refractivity contribution in [2.24, 2.45) is 5.16 Å². The summed E-state index contributed by atoms with van der Waals surface area (Å²) in [6.45, 7) is -1.46. The molecule has 0 saturated heterocycles. The fourth-order valence-electron chi connectivity index (χ4n) is 2.16. The van der Waals surface area contributed by atoms with E-state index < -0.39 is 12.8 Å². The van der Waals surface area contributed by atoms with Gasteiger partial charge in [0, 0.05) is 21.3 Å². The van der Waals surface area contributed by atoms with Crippen LogP contribution in [-0.2, 0) is 11.3 Å². The van der Waals surface area contributed by atoms with Crippen LogP contribution in [-0.4, -0.2) is 18.5 Å². The minimum absolute atomic E-state index is 0.331. The van der Waals surface area contributed by atoms with Gasteiger partial charge in [-0.2, -0.15) is 13.2 Å². The Hall–Kier alpha value is -1.92. The highest BCUT2D eigenvalue weighted by molar-refractivity contribution is 6.34. The number of benzene rings is 2. The molecule has 0 bridgehead atoms. The third-order valence-corrected chi connectivity index (χ3v) is 3.63. The van der Waals surface area contributed by atoms with E-state index in [1.165, 1.54) is 0 Å². The number of nitrogen functional groups attached to an aromatic ring is 1. The second-order valence-electron chi connectivity index (χ2n) is 5.33. The Morgan fingerprint density at radius 3 is 2.36 bits per heavy atom. The van der Waals surface area contributed by atoms with Crippen molar-refractivity contribution in [2.75, 3.05) is 12.3 Å². The van der Waals surface area contributed by atoms with E-state index in [-0.39, 0.29) is 0 Å². The van der Waals surface area contributed by atoms with Gasteiger partial charge >= 0.3 is 6.18 Å². The first-order chi connectivity index (χ1) is 11.7. The number of oxime groups is 1. The molecule has 0 heterocycles. The largest absolute Gasteiger partial charge is 0.425 e. The Kier molecular flexibility index (Phi) is 6.56. The first-order valence-electron chi connectivity index (χ1n) is 7.29. The lowest BCUT2D eigenvalue weighted by Gasteiger charge is -2.10. The predicted molar refractivity (Wildman–Crippen MR) is 94.2 cm³/mol. The molecule has 8 heteroatoms. The number of hydrogen-bond acceptors (Lipinski definition) is 3. The van der Waals surface area contributed by atoms with Gasteiger partial charge in [-0.3, -0.25) is 0 Å². The molecule has 0 spiro atoms. The molecule has 2 rings (SSSR count). The van der Waals surface area contributed by atoms with Crippen LogP contribution in [0.25, 0.3) is 0 Å². The van der Waals surface area contributed by atoms with Gasteiger partial charge in [-0.1, -0.05) is 40.5 Å². The fourth-order valence-corrected chi connectivity index (χ4v) is 2.73. The van der Waals surface area contributed by atoms with Crippen LogP contribution in [0.1, 0.15) is 17.5 Å². The van der Waals surface area contributed by atoms with E-state index in [0.717, 1.165) is 5.56 Å². The molecular formula is C17H15Cl2F3N2O. The summed E-state index contributed by atoms with van der Waals surface area (Å²) in [5.41, 5.74) is 7.99. The first-order valence-corrected chi connectivity index (χ1v) is 8.05. The van der Waals surface area contributed by atoms with E-state index in [1.54, 1.807) is 42.5 Å². The molecular weight excluding hydrogens is 376 g/mol. The number of aryl methyl sites for hydroxylation is 1. The molecule has 3 nitrogen and oxygen atoms in total. The van der Waals surface area contributed by atoms with Crippen molar-refractivity contribution in [1.29, 1.82) is 0 Å². The van der Waals surface area contributed by atoms with E-state index in [9.17, 15) is 13.2 Å². The molecule has 25 heavy (non-hydrogen) atoms. The van der Waals surface area contributed by atoms with Crippen LogP contribution in [0.5, 0.6) is 0 Å². The van der Waals surface area contributed by atoms with Crippen LogP contribution < -0.4 is 5.73 Å². The zero-order valence-electron chi connectivity index (χ0n) is 13.0. The maximum Gasteiger partial charge on any atom is 0.425 e. The van der Waals surface area contributed by atoms with Gasteiger partial charge in [0.1, 0.15) is 0 Å². The maximum absolute atomic E-state index is 12.3. The van der Waals surface area contributed by atoms with Crippen molar-refractivity contribution in [3.8, 4) is 0 Å². The summed E-state index contributed by atoms with van der Waals surface area (Å²) in [7, 11) is 0. The van der Waals surface area contributed by atoms with Crippen molar-refractivity contribution >= 4 is 34.6 Å². The molecule has 0 radical (unpaired) electrons. The number of anilines is 1. The Bertz CT molecular complexity index is 744. The van der Waals surface area contributed by atoms with Gasteiger partial charge in [0.25, 0.3) is 0 Å². The molecule has 2 aromatic carbocycles. The third kappa shape index (κ3) is 6.84. The lowest BCUT2D eigenvalue weighted by Crippen LogP contribution is -2.16. The summed E-state index contributed by atoms with van der Waals surface area (Å²) in [6, 6.07) is 11.8. The Morgan fingerprint density at radius 1 is 1.08 bits per heavy atom. The highest BCUT2D eigenvalue weighted by Crippen LogP contribution is 2.21. The molecule has 0 aliphatic heterocycles. The topological polar surface area (TPSA) is 47.6 Å². The van der Waals surface area contributed by atoms with Crippen molar-refractivity contribution < 1.29 is 18.0 Å². The summed E-state index contributed by atoms with van der Waals surface area (Å²) in [6.07, 6.45) is -3.65. The van der Waals surface area contributed by atoms with Crippen molar-refractivity contribution in [2.45, 2.75) is 19.0 Å². The van der Waals surface area contributed by atoms with Crippen molar-refractivity contribution in [3.05, 3.63) is 63.6 Å². The molecule has 2 aromatic rings. The number of nitrogens with two attached hydrogens (primary N) is 1. The van der Waals surface area contributed by atoms with Crippen molar-refractivity contribution in [1.82, 2.24) is 0 Å². The van der Waals surface area contributed by atoms with Crippen LogP contribution in [0.15, 0.2) is 47.6 Å². The summed E-state index contributed by atoms with van der Waals surface area (Å²) >= 11 is 11.9. The SMILES string of the molecule is Nc1cccc(/C(CCc2cc(Cl)cc(Cl)c2)=N/OCC(F)(F)F)c1. The molecule has 2 N–H and O–H groups in total. The quantitative estimate of drug-likeness (QED) is 0.402. The van der Waals surface area contributed by atoms with Gasteiger partial charge < -0.3 is 10.6 Å². The number of hydrogen-bond donors (Lipinski definition) is 1. The Balaban J connectivity index is 2.17. The molecule has 0 aliphatic carbocycles. The van der Waals surface area contributed by atoms with Crippen LogP contribution in [0.3, 0.4) is 0 Å². The van der Waals surface area contributed by atoms with Gasteiger partial charge in [0.05, 0.1) is 5.71 Å². The van der Waals surface area contributed by atoms with Crippen LogP contribution in [0, 0.1) is 0 Å². The Labute approximate surface area is 153 Å². The van der Waals surface area contributed by atoms with E-state index >= 15 is 0 Å². The molecule has 0 atom stereocenters. The van der Waals surface area contributed by atoms with Crippen molar-refractivity contribution in [3.63, 3.8) is 0 Å². The molecule has 0 unspecified atom stereocenters. The Morgan fingerprint density at radius 2 is 1.76 bits per heavy atom. The maximum atomic E-state index is 12.3. The van der Waals surface area contributed by atoms with Crippen LogP contribution in [0.4, 0.5) is 18.9 Å². The molecule has 0 aromatic heterocycles. The molecule has 0 saturated carbocycles. The lowest BCUT2D eigenvalue weighted by molar-refractivity contribution is -0.173. The second kappa shape index (κ2) is 8.45. The standard InChI is InChI=1S/C17H15Cl2F3N2O/c18-13-6-11(7-14(19)9-13)4-5-16(24-25-10-17(20,21)22)12-2-1-3-15(23)8-12/h1-3,6-9H,4-5,10,23H2/b24-16+. The zero-order valence-corrected chi connectivity index (χ0v) is 14.5. The zero-order chi connectivity index (χ0) is 18.4. The predicted octanol–water partition coefficient (Wildman–Crippen LogP) is 5.49. The highest BCUT2D eigenvalue weighted by atomic mass is 35.5. The minimum Gasteiger partial charge on any atom is -0.399 e. The minimum atomic E-state index is -4.45. The van der Waals surface area contributed by atoms with E-state index in [1.807, 2.05) is 0 Å². The average Bonchev–Trinajstić information content (AvgIpc) is 2.48. The molecule has 0 aliphatic rings. The molecule has 0 amide bonds. The summed E-state index contributed by atoms with van der Waals surface area (Å²) in [5, 5.41) is 4.62.